The Hall–Kier alpha value is -6.05. The zero-order valence-electron chi connectivity index (χ0n) is 37.3. The van der Waals surface area contributed by atoms with Crippen molar-refractivity contribution < 1.29 is 65.8 Å². The van der Waals surface area contributed by atoms with Gasteiger partial charge in [0.2, 0.25) is 23.5 Å². The largest absolute Gasteiger partial charge is 0.478 e. The fraction of sp³-hybridized carbons (Fsp3) is 0.533. The average Bonchev–Trinajstić information content (AvgIpc) is 3.66. The number of hydrogen-bond acceptors (Lipinski definition) is 9. The number of halogens is 4. The van der Waals surface area contributed by atoms with Crippen LogP contribution >= 0.6 is 0 Å². The van der Waals surface area contributed by atoms with Crippen LogP contribution in [0.15, 0.2) is 23.2 Å². The van der Waals surface area contributed by atoms with E-state index in [4.69, 9.17) is 4.74 Å². The second-order valence-corrected chi connectivity index (χ2v) is 17.7. The van der Waals surface area contributed by atoms with Crippen LogP contribution < -0.4 is 21.3 Å². The third kappa shape index (κ3) is 13.0. The molecule has 0 spiro atoms. The predicted octanol–water partition coefficient (Wildman–Crippen LogP) is 4.47. The number of carbonyl (C=O) groups is 8. The van der Waals surface area contributed by atoms with E-state index in [9.17, 15) is 61.0 Å². The van der Waals surface area contributed by atoms with E-state index in [1.165, 1.54) is 4.90 Å². The number of carboxylic acid groups (broad SMARTS) is 1. The van der Waals surface area contributed by atoms with Gasteiger partial charge < -0.3 is 36.0 Å². The zero-order valence-corrected chi connectivity index (χ0v) is 37.3. The molecule has 6 amide bonds. The Morgan fingerprint density at radius 1 is 0.892 bits per heavy atom. The molecule has 2 aromatic rings. The van der Waals surface area contributed by atoms with Crippen LogP contribution in [0.5, 0.6) is 0 Å². The molecule has 0 aromatic heterocycles. The smallest absolute Gasteiger partial charge is 0.339 e. The van der Waals surface area contributed by atoms with E-state index in [-0.39, 0.29) is 25.8 Å². The summed E-state index contributed by atoms with van der Waals surface area (Å²) in [5.41, 5.74) is -2.98. The summed E-state index contributed by atoms with van der Waals surface area (Å²) in [5, 5.41) is 19.1. The van der Waals surface area contributed by atoms with E-state index < -0.39 is 130 Å². The van der Waals surface area contributed by atoms with Gasteiger partial charge in [0.25, 0.3) is 17.7 Å². The van der Waals surface area contributed by atoms with E-state index >= 15 is 0 Å². The molecule has 16 nitrogen and oxygen atoms in total. The maximum Gasteiger partial charge on any atom is 0.339 e. The van der Waals surface area contributed by atoms with E-state index in [1.54, 1.807) is 53.7 Å². The molecular formula is C45H56F4N6O10. The number of ether oxygens (including phenoxy) is 1. The minimum absolute atomic E-state index is 0.00405. The van der Waals surface area contributed by atoms with Gasteiger partial charge in [-0.15, -0.1) is 0 Å². The van der Waals surface area contributed by atoms with Gasteiger partial charge >= 0.3 is 5.97 Å². The van der Waals surface area contributed by atoms with Crippen LogP contribution in [0, 0.1) is 42.5 Å². The Morgan fingerprint density at radius 3 is 2.05 bits per heavy atom. The summed E-state index contributed by atoms with van der Waals surface area (Å²) in [4.78, 5) is 110. The number of carbonyl (C=O) groups excluding carboxylic acids is 7. The predicted molar refractivity (Wildman–Crippen MR) is 227 cm³/mol. The molecule has 0 bridgehead atoms. The van der Waals surface area contributed by atoms with Crippen molar-refractivity contribution in [2.75, 3.05) is 19.6 Å². The van der Waals surface area contributed by atoms with Crippen molar-refractivity contribution in [3.63, 3.8) is 0 Å². The Morgan fingerprint density at radius 2 is 1.49 bits per heavy atom. The number of likely N-dealkylation sites (tertiary alicyclic amines) is 1. The fourth-order valence-corrected chi connectivity index (χ4v) is 8.45. The number of benzene rings is 2. The number of aliphatic imine (C=N–C) groups is 1. The lowest BCUT2D eigenvalue weighted by molar-refractivity contribution is -0.143. The van der Waals surface area contributed by atoms with Crippen molar-refractivity contribution in [1.82, 2.24) is 26.2 Å². The number of aromatic carboxylic acids is 1. The van der Waals surface area contributed by atoms with Gasteiger partial charge in [0.15, 0.2) is 23.3 Å². The van der Waals surface area contributed by atoms with Gasteiger partial charge in [0.05, 0.1) is 29.9 Å². The Labute approximate surface area is 373 Å². The first-order valence-corrected chi connectivity index (χ1v) is 21.3. The Balaban J connectivity index is 1.51. The monoisotopic (exact) mass is 916 g/mol. The molecule has 2 aromatic carbocycles. The third-order valence-corrected chi connectivity index (χ3v) is 11.3. The first-order chi connectivity index (χ1) is 30.4. The Bertz CT molecular complexity index is 2200. The van der Waals surface area contributed by atoms with Gasteiger partial charge in [0.1, 0.15) is 17.6 Å². The summed E-state index contributed by atoms with van der Waals surface area (Å²) in [6, 6.07) is 1.40. The number of amides is 6. The van der Waals surface area contributed by atoms with Crippen LogP contribution in [0.1, 0.15) is 129 Å². The fourth-order valence-electron chi connectivity index (χ4n) is 8.45. The van der Waals surface area contributed by atoms with Crippen molar-refractivity contribution in [2.24, 2.45) is 10.4 Å². The number of ketones is 1. The van der Waals surface area contributed by atoms with Crippen molar-refractivity contribution in [3.05, 3.63) is 69.3 Å². The van der Waals surface area contributed by atoms with Gasteiger partial charge in [-0.1, -0.05) is 61.9 Å². The highest BCUT2D eigenvalue weighted by Crippen LogP contribution is 2.40. The lowest BCUT2D eigenvalue weighted by atomic mass is 9.71. The van der Waals surface area contributed by atoms with Crippen LogP contribution in [0.25, 0.3) is 0 Å². The van der Waals surface area contributed by atoms with Crippen LogP contribution in [-0.4, -0.2) is 107 Å². The minimum atomic E-state index is -2.41. The lowest BCUT2D eigenvalue weighted by Crippen LogP contribution is -2.54. The van der Waals surface area contributed by atoms with Crippen molar-refractivity contribution >= 4 is 53.9 Å². The molecule has 1 saturated heterocycles. The van der Waals surface area contributed by atoms with Crippen LogP contribution in [0.3, 0.4) is 0 Å². The van der Waals surface area contributed by atoms with Gasteiger partial charge in [-0.05, 0) is 71.6 Å². The van der Waals surface area contributed by atoms with Crippen LogP contribution in [0.4, 0.5) is 17.6 Å². The molecule has 1 heterocycles. The highest BCUT2D eigenvalue weighted by molar-refractivity contribution is 6.38. The molecular weight excluding hydrogens is 861 g/mol. The van der Waals surface area contributed by atoms with E-state index in [1.807, 2.05) is 6.07 Å². The summed E-state index contributed by atoms with van der Waals surface area (Å²) in [6.45, 7) is 12.7. The molecule has 1 saturated carbocycles. The van der Waals surface area contributed by atoms with Gasteiger partial charge in [-0.25, -0.2) is 27.3 Å². The molecule has 0 radical (unpaired) electrons. The van der Waals surface area contributed by atoms with Crippen molar-refractivity contribution in [3.8, 4) is 0 Å². The van der Waals surface area contributed by atoms with Crippen LogP contribution in [0.2, 0.25) is 0 Å². The van der Waals surface area contributed by atoms with Crippen molar-refractivity contribution in [2.45, 2.75) is 129 Å². The summed E-state index contributed by atoms with van der Waals surface area (Å²) < 4.78 is 63.6. The van der Waals surface area contributed by atoms with E-state index in [0.717, 1.165) is 17.5 Å². The summed E-state index contributed by atoms with van der Waals surface area (Å²) in [5.74, 6) is -18.2. The lowest BCUT2D eigenvalue weighted by Gasteiger charge is -2.38. The van der Waals surface area contributed by atoms with Gasteiger partial charge in [-0.2, -0.15) is 0 Å². The number of Topliss-reactive ketones (excluding diaryl/α,β-unsaturated/α-hetero) is 1. The molecule has 2 fully saturated rings. The molecule has 2 unspecified atom stereocenters. The quantitative estimate of drug-likeness (QED) is 0.0464. The second kappa shape index (κ2) is 21.8. The minimum Gasteiger partial charge on any atom is -0.478 e. The van der Waals surface area contributed by atoms with Crippen LogP contribution in [-0.2, 0) is 33.5 Å². The first kappa shape index (κ1) is 51.6. The standard InChI is InChI=1S/C45H56F4N6O10/c1-8-12-27(38(58)42(62)51-20-29(56)54-37(41(61)50-7)25-16-23(2)15-24(3)17-25)53-39(59)28-18-26(65-44(4,5)6)21-55(28)30(57)19-45(13-10-9-11-14-45)22-52-40(60)31-32(43(63)64)34(47)36(49)35(48)33(31)46/h15-17,26-28,37H,7-14,18-22H2,1-6H3,(H,51,62)(H,52,60)(H,53,59)(H,54,56)(H,63,64)/t26-,27?,28+,37?/m1/s1. The molecule has 2 aliphatic rings. The maximum absolute atomic E-state index is 14.8. The summed E-state index contributed by atoms with van der Waals surface area (Å²) >= 11 is 0. The second-order valence-electron chi connectivity index (χ2n) is 17.7. The number of hydrogen-bond donors (Lipinski definition) is 5. The number of nitrogens with one attached hydrogen (secondary N) is 4. The molecule has 1 aliphatic heterocycles. The maximum atomic E-state index is 14.8. The Kier molecular flexibility index (Phi) is 17.3. The normalized spacial score (nSPS) is 17.9. The van der Waals surface area contributed by atoms with E-state index in [2.05, 4.69) is 33.0 Å². The number of aryl methyl sites for hydroxylation is 2. The van der Waals surface area contributed by atoms with E-state index in [0.29, 0.717) is 37.7 Å². The molecule has 1 aliphatic carbocycles. The van der Waals surface area contributed by atoms with Crippen molar-refractivity contribution in [1.29, 1.82) is 0 Å². The third-order valence-electron chi connectivity index (χ3n) is 11.3. The highest BCUT2D eigenvalue weighted by atomic mass is 19.2. The average molecular weight is 917 g/mol. The molecule has 354 valence electrons. The number of nitrogens with zero attached hydrogens (tertiary/aromatic N) is 2. The zero-order chi connectivity index (χ0) is 48.6. The molecule has 4 atom stereocenters. The summed E-state index contributed by atoms with van der Waals surface area (Å²) in [7, 11) is 0. The number of carboxylic acids is 1. The molecule has 20 heteroatoms. The first-order valence-electron chi connectivity index (χ1n) is 21.3. The highest BCUT2D eigenvalue weighted by Gasteiger charge is 2.45. The SMILES string of the molecule is C=NC(=O)C(NC(=O)CNC(=O)C(=O)C(CCC)NC(=O)[C@@H]1C[C@@H](OC(C)(C)C)CN1C(=O)CC1(CNC(=O)c2c(F)c(F)c(F)c(F)c2C(=O)O)CCCCC1)c1cc(C)cc(C)c1. The molecule has 65 heavy (non-hydrogen) atoms. The molecule has 4 rings (SSSR count). The van der Waals surface area contributed by atoms with Gasteiger partial charge in [-0.3, -0.25) is 33.6 Å². The summed E-state index contributed by atoms with van der Waals surface area (Å²) in [6.07, 6.45) is 1.85. The topological polar surface area (TPSA) is 230 Å². The van der Waals surface area contributed by atoms with Gasteiger partial charge in [0, 0.05) is 25.9 Å². The number of rotatable bonds is 18. The molecule has 5 N–H and O–H groups in total.